The molecule has 0 unspecified atom stereocenters. The molecule has 1 aliphatic heterocycles. The van der Waals surface area contributed by atoms with Gasteiger partial charge in [0.1, 0.15) is 5.75 Å². The van der Waals surface area contributed by atoms with E-state index in [0.717, 1.165) is 11.1 Å². The number of rotatable bonds is 4. The SMILES string of the molecule is CN(C)c1ccc2c3c(cccc13)C(=O)N(c1ccc(OC(=O)C3=CC=CC3)cc1)C2=O. The van der Waals surface area contributed by atoms with Gasteiger partial charge in [0.2, 0.25) is 0 Å². The van der Waals surface area contributed by atoms with Crippen LogP contribution in [0.3, 0.4) is 0 Å². The van der Waals surface area contributed by atoms with Crippen molar-refractivity contribution in [2.75, 3.05) is 23.9 Å². The van der Waals surface area contributed by atoms with E-state index in [1.807, 2.05) is 49.3 Å². The maximum Gasteiger partial charge on any atom is 0.339 e. The number of allylic oxidation sites excluding steroid dienone is 3. The molecular weight excluding hydrogens is 404 g/mol. The van der Waals surface area contributed by atoms with Crippen LogP contribution >= 0.6 is 0 Å². The normalized spacial score (nSPS) is 14.7. The van der Waals surface area contributed by atoms with E-state index in [4.69, 9.17) is 4.74 Å². The number of esters is 1. The highest BCUT2D eigenvalue weighted by Gasteiger charge is 2.34. The lowest BCUT2D eigenvalue weighted by molar-refractivity contribution is -0.130. The van der Waals surface area contributed by atoms with E-state index in [2.05, 4.69) is 0 Å². The fraction of sp³-hybridized carbons (Fsp3) is 0.115. The maximum absolute atomic E-state index is 13.3. The molecule has 1 heterocycles. The van der Waals surface area contributed by atoms with Crippen molar-refractivity contribution in [2.24, 2.45) is 0 Å². The van der Waals surface area contributed by atoms with Gasteiger partial charge in [-0.2, -0.15) is 0 Å². The molecule has 3 aromatic carbocycles. The molecule has 0 fully saturated rings. The van der Waals surface area contributed by atoms with Gasteiger partial charge in [-0.15, -0.1) is 0 Å². The monoisotopic (exact) mass is 424 g/mol. The Labute approximate surface area is 185 Å². The van der Waals surface area contributed by atoms with Crippen molar-refractivity contribution in [3.05, 3.63) is 89.5 Å². The van der Waals surface area contributed by atoms with E-state index in [9.17, 15) is 14.4 Å². The second-order valence-electron chi connectivity index (χ2n) is 7.91. The second kappa shape index (κ2) is 7.50. The molecule has 1 aliphatic carbocycles. The van der Waals surface area contributed by atoms with Crippen molar-refractivity contribution >= 4 is 39.9 Å². The minimum Gasteiger partial charge on any atom is -0.423 e. The number of carbonyl (C=O) groups excluding carboxylic acids is 3. The van der Waals surface area contributed by atoms with Crippen molar-refractivity contribution in [1.29, 1.82) is 0 Å². The number of benzene rings is 3. The molecule has 0 radical (unpaired) electrons. The first-order chi connectivity index (χ1) is 15.5. The number of nitrogens with zero attached hydrogens (tertiary/aromatic N) is 2. The number of ether oxygens (including phenoxy) is 1. The quantitative estimate of drug-likeness (QED) is 0.351. The third kappa shape index (κ3) is 3.08. The maximum atomic E-state index is 13.3. The number of imide groups is 1. The molecule has 32 heavy (non-hydrogen) atoms. The largest absolute Gasteiger partial charge is 0.423 e. The number of anilines is 2. The fourth-order valence-electron chi connectivity index (χ4n) is 4.14. The average molecular weight is 424 g/mol. The fourth-order valence-corrected chi connectivity index (χ4v) is 4.14. The van der Waals surface area contributed by atoms with Crippen molar-refractivity contribution in [1.82, 2.24) is 0 Å². The number of hydrogen-bond acceptors (Lipinski definition) is 5. The Morgan fingerprint density at radius 3 is 2.31 bits per heavy atom. The van der Waals surface area contributed by atoms with Gasteiger partial charge in [-0.1, -0.05) is 30.4 Å². The van der Waals surface area contributed by atoms with Crippen LogP contribution in [0.25, 0.3) is 10.8 Å². The molecule has 0 N–H and O–H groups in total. The molecule has 0 spiro atoms. The van der Waals surface area contributed by atoms with E-state index in [1.54, 1.807) is 42.5 Å². The summed E-state index contributed by atoms with van der Waals surface area (Å²) in [6.07, 6.45) is 5.97. The summed E-state index contributed by atoms with van der Waals surface area (Å²) >= 11 is 0. The molecule has 6 heteroatoms. The Kier molecular flexibility index (Phi) is 4.63. The number of amides is 2. The first-order valence-corrected chi connectivity index (χ1v) is 10.3. The molecular formula is C26H20N2O4. The first kappa shape index (κ1) is 19.8. The Bertz CT molecular complexity index is 1330. The molecule has 0 saturated heterocycles. The van der Waals surface area contributed by atoms with Gasteiger partial charge in [0.05, 0.1) is 5.69 Å². The highest BCUT2D eigenvalue weighted by atomic mass is 16.5. The summed E-state index contributed by atoms with van der Waals surface area (Å²) in [5, 5.41) is 1.54. The Morgan fingerprint density at radius 1 is 0.938 bits per heavy atom. The Morgan fingerprint density at radius 2 is 1.66 bits per heavy atom. The third-order valence-corrected chi connectivity index (χ3v) is 5.71. The Balaban J connectivity index is 1.48. The second-order valence-corrected chi connectivity index (χ2v) is 7.91. The van der Waals surface area contributed by atoms with E-state index in [-0.39, 0.29) is 11.8 Å². The average Bonchev–Trinajstić information content (AvgIpc) is 3.33. The van der Waals surface area contributed by atoms with Crippen LogP contribution in [-0.2, 0) is 4.79 Å². The summed E-state index contributed by atoms with van der Waals surface area (Å²) in [6.45, 7) is 0. The molecule has 0 aromatic heterocycles. The summed E-state index contributed by atoms with van der Waals surface area (Å²) in [5.74, 6) is -0.821. The standard InChI is InChI=1S/C26H20N2O4/c1-27(2)22-15-14-21-23-19(22)8-5-9-20(23)24(29)28(25(21)30)17-10-12-18(13-11-17)32-26(31)16-6-3-4-7-16/h3-6,8-15H,7H2,1-2H3. The van der Waals surface area contributed by atoms with E-state index in [1.165, 1.54) is 4.90 Å². The summed E-state index contributed by atoms with van der Waals surface area (Å²) in [6, 6.07) is 15.5. The molecule has 3 aromatic rings. The van der Waals surface area contributed by atoms with Gasteiger partial charge in [-0.25, -0.2) is 9.69 Å². The minimum atomic E-state index is -0.412. The lowest BCUT2D eigenvalue weighted by Crippen LogP contribution is -2.40. The first-order valence-electron chi connectivity index (χ1n) is 10.3. The highest BCUT2D eigenvalue weighted by molar-refractivity contribution is 6.36. The molecule has 2 amide bonds. The van der Waals surface area contributed by atoms with Gasteiger partial charge < -0.3 is 9.64 Å². The van der Waals surface area contributed by atoms with Crippen LogP contribution in [0.4, 0.5) is 11.4 Å². The number of carbonyl (C=O) groups is 3. The zero-order valence-electron chi connectivity index (χ0n) is 17.7. The lowest BCUT2D eigenvalue weighted by atomic mass is 9.92. The van der Waals surface area contributed by atoms with Gasteiger partial charge in [0, 0.05) is 47.3 Å². The van der Waals surface area contributed by atoms with E-state index < -0.39 is 5.97 Å². The van der Waals surface area contributed by atoms with Crippen LogP contribution in [0.5, 0.6) is 5.75 Å². The van der Waals surface area contributed by atoms with Crippen LogP contribution in [0.15, 0.2) is 78.4 Å². The molecule has 158 valence electrons. The molecule has 2 aliphatic rings. The summed E-state index contributed by atoms with van der Waals surface area (Å²) in [5.41, 5.74) is 2.91. The van der Waals surface area contributed by atoms with Crippen molar-refractivity contribution in [3.63, 3.8) is 0 Å². The van der Waals surface area contributed by atoms with Crippen LogP contribution < -0.4 is 14.5 Å². The van der Waals surface area contributed by atoms with E-state index >= 15 is 0 Å². The van der Waals surface area contributed by atoms with Gasteiger partial charge >= 0.3 is 5.97 Å². The molecule has 0 atom stereocenters. The molecule has 6 nitrogen and oxygen atoms in total. The van der Waals surface area contributed by atoms with Crippen LogP contribution in [0, 0.1) is 0 Å². The smallest absolute Gasteiger partial charge is 0.339 e. The van der Waals surface area contributed by atoms with Crippen molar-refractivity contribution in [3.8, 4) is 5.75 Å². The topological polar surface area (TPSA) is 66.9 Å². The van der Waals surface area contributed by atoms with Crippen LogP contribution in [0.2, 0.25) is 0 Å². The lowest BCUT2D eigenvalue weighted by Gasteiger charge is -2.28. The minimum absolute atomic E-state index is 0.349. The molecule has 5 rings (SSSR count). The summed E-state index contributed by atoms with van der Waals surface area (Å²) in [7, 11) is 3.86. The van der Waals surface area contributed by atoms with Gasteiger partial charge in [0.25, 0.3) is 11.8 Å². The highest BCUT2D eigenvalue weighted by Crippen LogP contribution is 2.37. The van der Waals surface area contributed by atoms with E-state index in [0.29, 0.717) is 39.9 Å². The van der Waals surface area contributed by atoms with Gasteiger partial charge in [-0.05, 0) is 48.9 Å². The number of hydrogen-bond donors (Lipinski definition) is 0. The van der Waals surface area contributed by atoms with Gasteiger partial charge in [-0.3, -0.25) is 9.59 Å². The zero-order chi connectivity index (χ0) is 22.4. The summed E-state index contributed by atoms with van der Waals surface area (Å²) in [4.78, 5) is 41.9. The zero-order valence-corrected chi connectivity index (χ0v) is 17.7. The van der Waals surface area contributed by atoms with Crippen molar-refractivity contribution in [2.45, 2.75) is 6.42 Å². The molecule has 0 bridgehead atoms. The van der Waals surface area contributed by atoms with Crippen molar-refractivity contribution < 1.29 is 19.1 Å². The predicted molar refractivity (Wildman–Crippen MR) is 123 cm³/mol. The predicted octanol–water partition coefficient (Wildman–Crippen LogP) is 4.50. The third-order valence-electron chi connectivity index (χ3n) is 5.71. The molecule has 0 saturated carbocycles. The Hall–Kier alpha value is -4.19. The van der Waals surface area contributed by atoms with Gasteiger partial charge in [0.15, 0.2) is 0 Å². The van der Waals surface area contributed by atoms with Crippen LogP contribution in [0.1, 0.15) is 27.1 Å². The van der Waals surface area contributed by atoms with Crippen LogP contribution in [-0.4, -0.2) is 31.9 Å². The summed E-state index contributed by atoms with van der Waals surface area (Å²) < 4.78 is 5.39.